The number of ether oxygens (including phenoxy) is 2. The van der Waals surface area contributed by atoms with Crippen LogP contribution in [0.15, 0.2) is 30.3 Å². The number of alkyl carbamates (subject to hydrolysis) is 1. The van der Waals surface area contributed by atoms with E-state index >= 15 is 0 Å². The van der Waals surface area contributed by atoms with E-state index in [0.29, 0.717) is 0 Å². The summed E-state index contributed by atoms with van der Waals surface area (Å²) in [5.74, 6) is 3.72. The molecule has 1 aromatic carbocycles. The summed E-state index contributed by atoms with van der Waals surface area (Å²) in [6, 6.07) is 8.27. The van der Waals surface area contributed by atoms with Gasteiger partial charge in [0.05, 0.1) is 0 Å². The summed E-state index contributed by atoms with van der Waals surface area (Å²) in [7, 11) is 0. The Kier molecular flexibility index (Phi) is 6.96. The number of carbonyl (C=O) groups is 2. The Labute approximate surface area is 123 Å². The second-order valence-electron chi connectivity index (χ2n) is 3.98. The van der Waals surface area contributed by atoms with Crippen LogP contribution < -0.4 is 5.32 Å². The smallest absolute Gasteiger partial charge is 0.408 e. The van der Waals surface area contributed by atoms with Gasteiger partial charge in [-0.05, 0) is 5.56 Å². The highest BCUT2D eigenvalue weighted by atomic mass is 16.6. The molecule has 1 amide bonds. The summed E-state index contributed by atoms with van der Waals surface area (Å²) in [5.41, 5.74) is 0.859. The lowest BCUT2D eigenvalue weighted by Crippen LogP contribution is -2.43. The molecule has 0 aromatic heterocycles. The lowest BCUT2D eigenvalue weighted by atomic mass is 10.1. The van der Waals surface area contributed by atoms with Crippen LogP contribution >= 0.6 is 0 Å². The second kappa shape index (κ2) is 9.06. The molecule has 5 heteroatoms. The summed E-state index contributed by atoms with van der Waals surface area (Å²) in [5, 5.41) is 2.41. The monoisotopic (exact) mass is 285 g/mol. The third-order valence-corrected chi connectivity index (χ3v) is 2.44. The van der Waals surface area contributed by atoms with Crippen molar-refractivity contribution >= 4 is 12.1 Å². The Bertz CT molecular complexity index is 554. The van der Waals surface area contributed by atoms with Gasteiger partial charge in [-0.1, -0.05) is 42.2 Å². The van der Waals surface area contributed by atoms with Gasteiger partial charge in [0.1, 0.15) is 6.04 Å². The SMILES string of the molecule is C#CCOC(=O)N[C@@H](Cc1ccccc1)C(=O)OCC#C. The Morgan fingerprint density at radius 3 is 2.33 bits per heavy atom. The molecule has 1 aromatic rings. The molecule has 0 aliphatic carbocycles. The van der Waals surface area contributed by atoms with Crippen molar-refractivity contribution in [1.82, 2.24) is 5.32 Å². The highest BCUT2D eigenvalue weighted by molar-refractivity contribution is 5.81. The minimum atomic E-state index is -0.897. The van der Waals surface area contributed by atoms with Crippen LogP contribution in [0.4, 0.5) is 4.79 Å². The van der Waals surface area contributed by atoms with E-state index in [1.54, 1.807) is 0 Å². The molecule has 0 saturated carbocycles. The van der Waals surface area contributed by atoms with Crippen molar-refractivity contribution in [2.45, 2.75) is 12.5 Å². The molecule has 0 aliphatic heterocycles. The van der Waals surface area contributed by atoms with Gasteiger partial charge in [0, 0.05) is 6.42 Å². The van der Waals surface area contributed by atoms with Gasteiger partial charge >= 0.3 is 12.1 Å². The Hall–Kier alpha value is -2.92. The molecular formula is C16H15NO4. The molecule has 0 saturated heterocycles. The maximum absolute atomic E-state index is 11.9. The van der Waals surface area contributed by atoms with Crippen molar-refractivity contribution in [2.75, 3.05) is 13.2 Å². The maximum atomic E-state index is 11.9. The highest BCUT2D eigenvalue weighted by Crippen LogP contribution is 2.05. The molecule has 5 nitrogen and oxygen atoms in total. The van der Waals surface area contributed by atoms with Crippen LogP contribution in [0.25, 0.3) is 0 Å². The van der Waals surface area contributed by atoms with Gasteiger partial charge in [-0.25, -0.2) is 9.59 Å². The summed E-state index contributed by atoms with van der Waals surface area (Å²) in [6.07, 6.45) is 9.50. The van der Waals surface area contributed by atoms with Crippen LogP contribution in [0, 0.1) is 24.7 Å². The van der Waals surface area contributed by atoms with E-state index in [-0.39, 0.29) is 19.6 Å². The molecule has 0 fully saturated rings. The Morgan fingerprint density at radius 1 is 1.10 bits per heavy atom. The molecule has 108 valence electrons. The predicted molar refractivity (Wildman–Crippen MR) is 77.0 cm³/mol. The maximum Gasteiger partial charge on any atom is 0.408 e. The summed E-state index contributed by atoms with van der Waals surface area (Å²) in [6.45, 7) is -0.339. The van der Waals surface area contributed by atoms with E-state index in [0.717, 1.165) is 5.56 Å². The number of rotatable bonds is 6. The number of benzene rings is 1. The third kappa shape index (κ3) is 6.17. The number of hydrogen-bond donors (Lipinski definition) is 1. The molecule has 0 radical (unpaired) electrons. The number of hydrogen-bond acceptors (Lipinski definition) is 4. The van der Waals surface area contributed by atoms with Crippen LogP contribution in [0.1, 0.15) is 5.56 Å². The van der Waals surface area contributed by atoms with Crippen molar-refractivity contribution in [3.05, 3.63) is 35.9 Å². The zero-order valence-corrected chi connectivity index (χ0v) is 11.4. The van der Waals surface area contributed by atoms with E-state index in [9.17, 15) is 9.59 Å². The average Bonchev–Trinajstić information content (AvgIpc) is 2.51. The quantitative estimate of drug-likeness (QED) is 0.628. The van der Waals surface area contributed by atoms with Crippen LogP contribution in [-0.4, -0.2) is 31.3 Å². The van der Waals surface area contributed by atoms with Gasteiger partial charge in [-0.3, -0.25) is 0 Å². The number of nitrogens with one attached hydrogen (secondary N) is 1. The first kappa shape index (κ1) is 16.1. The van der Waals surface area contributed by atoms with Crippen molar-refractivity contribution in [3.8, 4) is 24.7 Å². The van der Waals surface area contributed by atoms with Crippen LogP contribution in [0.3, 0.4) is 0 Å². The van der Waals surface area contributed by atoms with Gasteiger partial charge in [0.25, 0.3) is 0 Å². The summed E-state index contributed by atoms with van der Waals surface area (Å²) < 4.78 is 9.53. The molecule has 0 bridgehead atoms. The minimum Gasteiger partial charge on any atom is -0.451 e. The largest absolute Gasteiger partial charge is 0.451 e. The number of carbonyl (C=O) groups excluding carboxylic acids is 2. The Balaban J connectivity index is 2.70. The topological polar surface area (TPSA) is 64.6 Å². The molecule has 1 atom stereocenters. The van der Waals surface area contributed by atoms with Crippen molar-refractivity contribution < 1.29 is 19.1 Å². The minimum absolute atomic E-state index is 0.162. The van der Waals surface area contributed by atoms with Crippen molar-refractivity contribution in [2.24, 2.45) is 0 Å². The van der Waals surface area contributed by atoms with Gasteiger partial charge in [-0.2, -0.15) is 0 Å². The first-order chi connectivity index (χ1) is 10.2. The number of terminal acetylenes is 2. The lowest BCUT2D eigenvalue weighted by Gasteiger charge is -2.16. The molecule has 1 rings (SSSR count). The van der Waals surface area contributed by atoms with E-state index in [2.05, 4.69) is 21.9 Å². The van der Waals surface area contributed by atoms with Gasteiger partial charge in [-0.15, -0.1) is 12.8 Å². The van der Waals surface area contributed by atoms with E-state index in [1.165, 1.54) is 0 Å². The zero-order valence-electron chi connectivity index (χ0n) is 11.4. The molecule has 0 aliphatic rings. The molecule has 0 spiro atoms. The van der Waals surface area contributed by atoms with Crippen LogP contribution in [-0.2, 0) is 20.7 Å². The first-order valence-corrected chi connectivity index (χ1v) is 6.18. The van der Waals surface area contributed by atoms with Gasteiger partial charge in [0.2, 0.25) is 0 Å². The lowest BCUT2D eigenvalue weighted by molar-refractivity contribution is -0.144. The zero-order chi connectivity index (χ0) is 15.5. The third-order valence-electron chi connectivity index (χ3n) is 2.44. The summed E-state index contributed by atoms with van der Waals surface area (Å²) >= 11 is 0. The molecule has 1 N–H and O–H groups in total. The molecule has 21 heavy (non-hydrogen) atoms. The highest BCUT2D eigenvalue weighted by Gasteiger charge is 2.23. The number of amides is 1. The van der Waals surface area contributed by atoms with E-state index in [4.69, 9.17) is 17.6 Å². The normalized spacial score (nSPS) is 10.6. The predicted octanol–water partition coefficient (Wildman–Crippen LogP) is 1.13. The van der Waals surface area contributed by atoms with Crippen LogP contribution in [0.5, 0.6) is 0 Å². The molecular weight excluding hydrogens is 270 g/mol. The fourth-order valence-electron chi connectivity index (χ4n) is 1.55. The van der Waals surface area contributed by atoms with E-state index in [1.807, 2.05) is 30.3 Å². The van der Waals surface area contributed by atoms with Gasteiger partial charge in [0.15, 0.2) is 13.2 Å². The van der Waals surface area contributed by atoms with Crippen molar-refractivity contribution in [3.63, 3.8) is 0 Å². The number of esters is 1. The standard InChI is InChI=1S/C16H15NO4/c1-3-10-20-15(18)14(17-16(19)21-11-4-2)12-13-8-6-5-7-9-13/h1-2,5-9,14H,10-12H2,(H,17,19)/t14-/m0/s1. The second-order valence-corrected chi connectivity index (χ2v) is 3.98. The fraction of sp³-hybridized carbons (Fsp3) is 0.250. The van der Waals surface area contributed by atoms with Crippen molar-refractivity contribution in [1.29, 1.82) is 0 Å². The fourth-order valence-corrected chi connectivity index (χ4v) is 1.55. The van der Waals surface area contributed by atoms with Gasteiger partial charge < -0.3 is 14.8 Å². The van der Waals surface area contributed by atoms with Crippen LogP contribution in [0.2, 0.25) is 0 Å². The Morgan fingerprint density at radius 2 is 1.71 bits per heavy atom. The average molecular weight is 285 g/mol. The molecule has 0 heterocycles. The summed E-state index contributed by atoms with van der Waals surface area (Å²) in [4.78, 5) is 23.4. The molecule has 0 unspecified atom stereocenters. The first-order valence-electron chi connectivity index (χ1n) is 6.18. The van der Waals surface area contributed by atoms with E-state index < -0.39 is 18.1 Å².